The highest BCUT2D eigenvalue weighted by Gasteiger charge is 2.35. The van der Waals surface area contributed by atoms with E-state index < -0.39 is 5.97 Å². The average molecular weight is 251 g/mol. The van der Waals surface area contributed by atoms with Gasteiger partial charge < -0.3 is 19.9 Å². The summed E-state index contributed by atoms with van der Waals surface area (Å²) >= 11 is 0. The maximum absolute atomic E-state index is 12.0. The van der Waals surface area contributed by atoms with Crippen molar-refractivity contribution in [3.8, 4) is 0 Å². The predicted octanol–water partition coefficient (Wildman–Crippen LogP) is 1.29. The Bertz CT molecular complexity index is 430. The lowest BCUT2D eigenvalue weighted by Gasteiger charge is -2.16. The van der Waals surface area contributed by atoms with Gasteiger partial charge in [-0.3, -0.25) is 4.79 Å². The number of H-pyrrole nitrogens is 1. The molecule has 18 heavy (non-hydrogen) atoms. The zero-order valence-electron chi connectivity index (χ0n) is 10.3. The first-order chi connectivity index (χ1) is 8.59. The fourth-order valence-electron chi connectivity index (χ4n) is 2.25. The first-order valence-corrected chi connectivity index (χ1v) is 5.96. The van der Waals surface area contributed by atoms with E-state index >= 15 is 0 Å². The Morgan fingerprint density at radius 1 is 1.61 bits per heavy atom. The zero-order chi connectivity index (χ0) is 13.1. The largest absolute Gasteiger partial charge is 0.481 e. The number of aromatic amines is 1. The molecule has 1 saturated heterocycles. The summed E-state index contributed by atoms with van der Waals surface area (Å²) in [6.45, 7) is 1.11. The summed E-state index contributed by atoms with van der Waals surface area (Å²) in [4.78, 5) is 28.8. The van der Waals surface area contributed by atoms with Crippen molar-refractivity contribution in [2.45, 2.75) is 18.9 Å². The molecule has 1 aromatic heterocycles. The van der Waals surface area contributed by atoms with Crippen molar-refractivity contribution >= 4 is 12.0 Å². The molecule has 0 aromatic carbocycles. The molecule has 1 aliphatic rings. The first kappa shape index (κ1) is 12.5. The Morgan fingerprint density at radius 2 is 2.39 bits per heavy atom. The molecule has 0 radical (unpaired) electrons. The van der Waals surface area contributed by atoms with E-state index in [9.17, 15) is 9.59 Å². The Hall–Kier alpha value is -1.98. The Balaban J connectivity index is 1.95. The molecule has 0 aliphatic carbocycles. The first-order valence-electron chi connectivity index (χ1n) is 5.96. The molecule has 1 aliphatic heterocycles. The van der Waals surface area contributed by atoms with Crippen LogP contribution >= 0.6 is 0 Å². The summed E-state index contributed by atoms with van der Waals surface area (Å²) in [6, 6.07) is 1.97. The fraction of sp³-hybridized carbons (Fsp3) is 0.500. The van der Waals surface area contributed by atoms with Gasteiger partial charge in [0.15, 0.2) is 0 Å². The van der Waals surface area contributed by atoms with Gasteiger partial charge in [0.25, 0.3) is 0 Å². The van der Waals surface area contributed by atoms with E-state index in [2.05, 4.69) is 4.98 Å². The molecule has 6 heteroatoms. The van der Waals surface area contributed by atoms with Gasteiger partial charge in [-0.25, -0.2) is 4.79 Å². The van der Waals surface area contributed by atoms with Crippen LogP contribution in [0.25, 0.3) is 0 Å². The predicted molar refractivity (Wildman–Crippen MR) is 65.1 cm³/mol. The number of hydrogen-bond donors (Lipinski definition) is 2. The smallest absolute Gasteiger partial charge is 0.320 e. The fourth-order valence-corrected chi connectivity index (χ4v) is 2.25. The highest BCUT2D eigenvalue weighted by Crippen LogP contribution is 2.27. The molecule has 0 saturated carbocycles. The van der Waals surface area contributed by atoms with Crippen LogP contribution in [0.3, 0.4) is 0 Å². The minimum Gasteiger partial charge on any atom is -0.481 e. The third kappa shape index (κ3) is 2.47. The number of likely N-dealkylation sites (N-methyl/N-ethyl adjacent to an activating group) is 1. The summed E-state index contributed by atoms with van der Waals surface area (Å²) in [7, 11) is 1.77. The third-order valence-electron chi connectivity index (χ3n) is 3.26. The number of urea groups is 1. The van der Waals surface area contributed by atoms with Gasteiger partial charge >= 0.3 is 12.0 Å². The summed E-state index contributed by atoms with van der Waals surface area (Å²) in [5, 5.41) is 8.59. The number of carboxylic acid groups (broad SMARTS) is 1. The standard InChI is InChI=1S/C12H17N3O3/c1-14-10(9-4-5-13-7-9)8-15(12(14)18)6-2-3-11(16)17/h4-5,7,10,13H,2-3,6,8H2,1H3,(H,16,17). The summed E-state index contributed by atoms with van der Waals surface area (Å²) in [5.41, 5.74) is 1.08. The van der Waals surface area contributed by atoms with Crippen molar-refractivity contribution in [3.63, 3.8) is 0 Å². The highest BCUT2D eigenvalue weighted by atomic mass is 16.4. The molecule has 1 atom stereocenters. The molecule has 2 N–H and O–H groups in total. The molecule has 0 spiro atoms. The van der Waals surface area contributed by atoms with Crippen LogP contribution in [0.5, 0.6) is 0 Å². The van der Waals surface area contributed by atoms with E-state index in [1.165, 1.54) is 0 Å². The molecule has 98 valence electrons. The lowest BCUT2D eigenvalue weighted by Crippen LogP contribution is -2.30. The van der Waals surface area contributed by atoms with Crippen molar-refractivity contribution in [2.24, 2.45) is 0 Å². The van der Waals surface area contributed by atoms with E-state index in [1.807, 2.05) is 18.5 Å². The van der Waals surface area contributed by atoms with Crippen LogP contribution in [0.4, 0.5) is 4.79 Å². The van der Waals surface area contributed by atoms with Gasteiger partial charge in [-0.2, -0.15) is 0 Å². The number of rotatable bonds is 5. The third-order valence-corrected chi connectivity index (χ3v) is 3.26. The Labute approximate surface area is 105 Å². The van der Waals surface area contributed by atoms with E-state index in [4.69, 9.17) is 5.11 Å². The summed E-state index contributed by atoms with van der Waals surface area (Å²) < 4.78 is 0. The number of nitrogens with one attached hydrogen (secondary N) is 1. The number of aliphatic carboxylic acids is 1. The number of carbonyl (C=O) groups is 2. The number of aromatic nitrogens is 1. The Kier molecular flexibility index (Phi) is 3.55. The topological polar surface area (TPSA) is 76.6 Å². The molecule has 2 amide bonds. The van der Waals surface area contributed by atoms with Crippen molar-refractivity contribution in [3.05, 3.63) is 24.0 Å². The molecule has 1 aromatic rings. The number of amides is 2. The maximum atomic E-state index is 12.0. The van der Waals surface area contributed by atoms with Crippen LogP contribution in [0.2, 0.25) is 0 Å². The second-order valence-electron chi connectivity index (χ2n) is 4.50. The second-order valence-corrected chi connectivity index (χ2v) is 4.50. The molecular weight excluding hydrogens is 234 g/mol. The van der Waals surface area contributed by atoms with Gasteiger partial charge in [0, 0.05) is 39.0 Å². The van der Waals surface area contributed by atoms with Gasteiger partial charge in [0.2, 0.25) is 0 Å². The number of carboxylic acids is 1. The van der Waals surface area contributed by atoms with Gasteiger partial charge in [-0.05, 0) is 18.1 Å². The van der Waals surface area contributed by atoms with E-state index in [0.717, 1.165) is 5.56 Å². The van der Waals surface area contributed by atoms with Gasteiger partial charge in [-0.15, -0.1) is 0 Å². The van der Waals surface area contributed by atoms with Crippen LogP contribution < -0.4 is 0 Å². The van der Waals surface area contributed by atoms with Crippen LogP contribution in [-0.4, -0.2) is 52.0 Å². The molecular formula is C12H17N3O3. The van der Waals surface area contributed by atoms with Crippen LogP contribution in [0.1, 0.15) is 24.4 Å². The summed E-state index contributed by atoms with van der Waals surface area (Å²) in [6.07, 6.45) is 4.31. The molecule has 6 nitrogen and oxygen atoms in total. The van der Waals surface area contributed by atoms with Crippen molar-refractivity contribution < 1.29 is 14.7 Å². The van der Waals surface area contributed by atoms with Crippen LogP contribution in [0.15, 0.2) is 18.5 Å². The van der Waals surface area contributed by atoms with Gasteiger partial charge in [-0.1, -0.05) is 0 Å². The van der Waals surface area contributed by atoms with Crippen molar-refractivity contribution in [1.82, 2.24) is 14.8 Å². The molecule has 1 unspecified atom stereocenters. The second kappa shape index (κ2) is 5.12. The number of carbonyl (C=O) groups excluding carboxylic acids is 1. The van der Waals surface area contributed by atoms with Crippen LogP contribution in [-0.2, 0) is 4.79 Å². The van der Waals surface area contributed by atoms with Crippen molar-refractivity contribution in [2.75, 3.05) is 20.1 Å². The minimum atomic E-state index is -0.822. The maximum Gasteiger partial charge on any atom is 0.320 e. The highest BCUT2D eigenvalue weighted by molar-refractivity contribution is 5.77. The molecule has 2 rings (SSSR count). The van der Waals surface area contributed by atoms with E-state index in [-0.39, 0.29) is 18.5 Å². The minimum absolute atomic E-state index is 0.0356. The van der Waals surface area contributed by atoms with Gasteiger partial charge in [0.1, 0.15) is 0 Å². The quantitative estimate of drug-likeness (QED) is 0.827. The normalized spacial score (nSPS) is 19.6. The lowest BCUT2D eigenvalue weighted by molar-refractivity contribution is -0.137. The van der Waals surface area contributed by atoms with Gasteiger partial charge in [0.05, 0.1) is 6.04 Å². The van der Waals surface area contributed by atoms with Crippen LogP contribution in [0, 0.1) is 0 Å². The number of nitrogens with zero attached hydrogens (tertiary/aromatic N) is 2. The average Bonchev–Trinajstić information content (AvgIpc) is 2.92. The molecule has 2 heterocycles. The monoisotopic (exact) mass is 251 g/mol. The number of hydrogen-bond acceptors (Lipinski definition) is 2. The van der Waals surface area contributed by atoms with Crippen molar-refractivity contribution in [1.29, 1.82) is 0 Å². The van der Waals surface area contributed by atoms with E-state index in [1.54, 1.807) is 16.8 Å². The molecule has 0 bridgehead atoms. The zero-order valence-corrected chi connectivity index (χ0v) is 10.3. The molecule has 1 fully saturated rings. The lowest BCUT2D eigenvalue weighted by atomic mass is 10.1. The summed E-state index contributed by atoms with van der Waals surface area (Å²) in [5.74, 6) is -0.822. The van der Waals surface area contributed by atoms with E-state index in [0.29, 0.717) is 19.5 Å². The SMILES string of the molecule is CN1C(=O)N(CCCC(=O)O)CC1c1cc[nH]c1. The Morgan fingerprint density at radius 3 is 3.00 bits per heavy atom.